The van der Waals surface area contributed by atoms with Crippen molar-refractivity contribution in [3.63, 3.8) is 0 Å². The Hall–Kier alpha value is -3.22. The van der Waals surface area contributed by atoms with Gasteiger partial charge in [-0.3, -0.25) is 4.79 Å². The number of hydrogen-bond acceptors (Lipinski definition) is 6. The van der Waals surface area contributed by atoms with E-state index in [1.54, 1.807) is 7.11 Å². The van der Waals surface area contributed by atoms with E-state index < -0.39 is 0 Å². The van der Waals surface area contributed by atoms with Crippen LogP contribution in [0.15, 0.2) is 36.4 Å². The van der Waals surface area contributed by atoms with Crippen molar-refractivity contribution in [1.29, 1.82) is 0 Å². The van der Waals surface area contributed by atoms with E-state index in [0.717, 1.165) is 46.2 Å². The van der Waals surface area contributed by atoms with E-state index in [-0.39, 0.29) is 12.1 Å². The van der Waals surface area contributed by atoms with Crippen LogP contribution in [-0.2, 0) is 16.0 Å². The number of fused-ring (bicyclic) bond motifs is 1. The van der Waals surface area contributed by atoms with Gasteiger partial charge in [-0.15, -0.1) is 0 Å². The van der Waals surface area contributed by atoms with Crippen LogP contribution in [0.5, 0.6) is 11.5 Å². The Labute approximate surface area is 226 Å². The molecule has 206 valence electrons. The highest BCUT2D eigenvalue weighted by molar-refractivity contribution is 5.83. The summed E-state index contributed by atoms with van der Waals surface area (Å²) in [4.78, 5) is 16.9. The van der Waals surface area contributed by atoms with Crippen molar-refractivity contribution in [2.45, 2.75) is 78.9 Å². The molecule has 0 amide bonds. The number of anilines is 2. The molecule has 0 saturated heterocycles. The summed E-state index contributed by atoms with van der Waals surface area (Å²) in [5.41, 5.74) is 3.86. The topological polar surface area (TPSA) is 74.6 Å². The second kappa shape index (κ2) is 12.1. The van der Waals surface area contributed by atoms with Crippen LogP contribution >= 0.6 is 0 Å². The Morgan fingerprint density at radius 2 is 1.84 bits per heavy atom. The second-order valence-corrected chi connectivity index (χ2v) is 11.2. The first-order valence-corrected chi connectivity index (χ1v) is 13.9. The van der Waals surface area contributed by atoms with E-state index in [2.05, 4.69) is 42.8 Å². The van der Waals surface area contributed by atoms with Crippen LogP contribution in [0.25, 0.3) is 11.0 Å². The standard InChI is InChI=1S/C31H43N3O4/c1-19(2)25-14-8-21(5)16-27(25)34-28-18-29(36-6)22(9-15-30(35)37-7)17-26(28)33-31(34)32-23-10-12-24(13-11-23)38-20(3)4/h10-13,17-21,25,27H,8-9,14-16H2,1-7H3,(H,32,33)/t21-,25+,27-/m1/s1. The summed E-state index contributed by atoms with van der Waals surface area (Å²) in [5.74, 6) is 3.97. The zero-order valence-corrected chi connectivity index (χ0v) is 23.9. The lowest BCUT2D eigenvalue weighted by atomic mass is 9.74. The average molecular weight is 522 g/mol. The first-order valence-electron chi connectivity index (χ1n) is 13.9. The molecule has 1 aliphatic carbocycles. The van der Waals surface area contributed by atoms with Crippen LogP contribution in [0.4, 0.5) is 11.6 Å². The van der Waals surface area contributed by atoms with E-state index in [1.807, 2.05) is 38.1 Å². The third-order valence-corrected chi connectivity index (χ3v) is 7.72. The van der Waals surface area contributed by atoms with Gasteiger partial charge in [0.2, 0.25) is 5.95 Å². The Bertz CT molecular complexity index is 1230. The number of nitrogens with zero attached hydrogens (tertiary/aromatic N) is 2. The maximum absolute atomic E-state index is 11.8. The Morgan fingerprint density at radius 1 is 1.11 bits per heavy atom. The fourth-order valence-corrected chi connectivity index (χ4v) is 5.78. The summed E-state index contributed by atoms with van der Waals surface area (Å²) in [6.45, 7) is 11.1. The molecule has 0 spiro atoms. The van der Waals surface area contributed by atoms with Gasteiger partial charge in [0.25, 0.3) is 0 Å². The van der Waals surface area contributed by atoms with Gasteiger partial charge < -0.3 is 24.1 Å². The average Bonchev–Trinajstić information content (AvgIpc) is 3.23. The monoisotopic (exact) mass is 521 g/mol. The van der Waals surface area contributed by atoms with Crippen molar-refractivity contribution in [3.05, 3.63) is 42.0 Å². The number of ether oxygens (including phenoxy) is 3. The predicted octanol–water partition coefficient (Wildman–Crippen LogP) is 7.31. The minimum Gasteiger partial charge on any atom is -0.496 e. The van der Waals surface area contributed by atoms with Gasteiger partial charge in [-0.2, -0.15) is 0 Å². The largest absolute Gasteiger partial charge is 0.496 e. The highest BCUT2D eigenvalue weighted by Crippen LogP contribution is 2.45. The number of rotatable bonds is 10. The lowest BCUT2D eigenvalue weighted by Crippen LogP contribution is -2.30. The zero-order chi connectivity index (χ0) is 27.4. The van der Waals surface area contributed by atoms with E-state index in [1.165, 1.54) is 20.0 Å². The summed E-state index contributed by atoms with van der Waals surface area (Å²) in [7, 11) is 3.10. The third-order valence-electron chi connectivity index (χ3n) is 7.72. The number of nitrogens with one attached hydrogen (secondary N) is 1. The first kappa shape index (κ1) is 27.8. The molecule has 0 radical (unpaired) electrons. The fraction of sp³-hybridized carbons (Fsp3) is 0.548. The second-order valence-electron chi connectivity index (χ2n) is 11.2. The summed E-state index contributed by atoms with van der Waals surface area (Å²) < 4.78 is 18.9. The van der Waals surface area contributed by atoms with Crippen molar-refractivity contribution in [1.82, 2.24) is 9.55 Å². The molecule has 0 unspecified atom stereocenters. The Kier molecular flexibility index (Phi) is 8.85. The number of esters is 1. The van der Waals surface area contributed by atoms with Crippen LogP contribution in [0.2, 0.25) is 0 Å². The molecule has 3 atom stereocenters. The molecular formula is C31H43N3O4. The molecular weight excluding hydrogens is 478 g/mol. The third kappa shape index (κ3) is 6.25. The molecule has 1 aromatic heterocycles. The number of carbonyl (C=O) groups excluding carboxylic acids is 1. The molecule has 38 heavy (non-hydrogen) atoms. The number of benzene rings is 2. The molecule has 1 N–H and O–H groups in total. The van der Waals surface area contributed by atoms with Crippen molar-refractivity contribution >= 4 is 28.6 Å². The highest BCUT2D eigenvalue weighted by Gasteiger charge is 2.34. The smallest absolute Gasteiger partial charge is 0.305 e. The fourth-order valence-electron chi connectivity index (χ4n) is 5.78. The number of aromatic nitrogens is 2. The van der Waals surface area contributed by atoms with Crippen LogP contribution < -0.4 is 14.8 Å². The van der Waals surface area contributed by atoms with Gasteiger partial charge >= 0.3 is 5.97 Å². The maximum Gasteiger partial charge on any atom is 0.305 e. The van der Waals surface area contributed by atoms with Crippen LogP contribution in [0.1, 0.15) is 71.9 Å². The van der Waals surface area contributed by atoms with Crippen LogP contribution in [-0.4, -0.2) is 35.8 Å². The van der Waals surface area contributed by atoms with Gasteiger partial charge in [0.15, 0.2) is 0 Å². The predicted molar refractivity (Wildman–Crippen MR) is 152 cm³/mol. The quantitative estimate of drug-likeness (QED) is 0.282. The highest BCUT2D eigenvalue weighted by atomic mass is 16.5. The molecule has 0 aliphatic heterocycles. The van der Waals surface area contributed by atoms with Crippen molar-refractivity contribution in [3.8, 4) is 11.5 Å². The van der Waals surface area contributed by atoms with Gasteiger partial charge in [0.05, 0.1) is 31.4 Å². The molecule has 4 rings (SSSR count). The zero-order valence-electron chi connectivity index (χ0n) is 23.9. The Balaban J connectivity index is 1.80. The maximum atomic E-state index is 11.8. The summed E-state index contributed by atoms with van der Waals surface area (Å²) >= 11 is 0. The molecule has 3 aromatic rings. The molecule has 1 heterocycles. The van der Waals surface area contributed by atoms with Crippen LogP contribution in [0.3, 0.4) is 0 Å². The molecule has 1 saturated carbocycles. The summed E-state index contributed by atoms with van der Waals surface area (Å²) in [6.07, 6.45) is 4.53. The number of carbonyl (C=O) groups is 1. The van der Waals surface area contributed by atoms with E-state index in [4.69, 9.17) is 19.2 Å². The molecule has 0 bridgehead atoms. The van der Waals surface area contributed by atoms with Gasteiger partial charge in [-0.05, 0) is 86.8 Å². The number of aryl methyl sites for hydroxylation is 1. The van der Waals surface area contributed by atoms with Crippen LogP contribution in [0, 0.1) is 17.8 Å². The van der Waals surface area contributed by atoms with Gasteiger partial charge in [-0.25, -0.2) is 4.98 Å². The molecule has 7 heteroatoms. The molecule has 7 nitrogen and oxygen atoms in total. The lowest BCUT2D eigenvalue weighted by molar-refractivity contribution is -0.140. The minimum atomic E-state index is -0.235. The van der Waals surface area contributed by atoms with Crippen molar-refractivity contribution in [2.24, 2.45) is 17.8 Å². The summed E-state index contributed by atoms with van der Waals surface area (Å²) in [5, 5.41) is 3.61. The molecule has 1 fully saturated rings. The first-order chi connectivity index (χ1) is 18.2. The van der Waals surface area contributed by atoms with E-state index >= 15 is 0 Å². The number of methoxy groups -OCH3 is 2. The molecule has 1 aliphatic rings. The van der Waals surface area contributed by atoms with Crippen molar-refractivity contribution in [2.75, 3.05) is 19.5 Å². The minimum absolute atomic E-state index is 0.127. The van der Waals surface area contributed by atoms with Gasteiger partial charge in [-0.1, -0.05) is 27.2 Å². The normalized spacial score (nSPS) is 19.7. The number of imidazole rings is 1. The van der Waals surface area contributed by atoms with Gasteiger partial charge in [0, 0.05) is 24.2 Å². The van der Waals surface area contributed by atoms with E-state index in [9.17, 15) is 4.79 Å². The van der Waals surface area contributed by atoms with Gasteiger partial charge in [0.1, 0.15) is 11.5 Å². The summed E-state index contributed by atoms with van der Waals surface area (Å²) in [6, 6.07) is 12.5. The lowest BCUT2D eigenvalue weighted by Gasteiger charge is -2.39. The Morgan fingerprint density at radius 3 is 2.47 bits per heavy atom. The molecule has 2 aromatic carbocycles. The van der Waals surface area contributed by atoms with Crippen molar-refractivity contribution < 1.29 is 19.0 Å². The number of hydrogen-bond donors (Lipinski definition) is 1. The SMILES string of the molecule is COC(=O)CCc1cc2nc(Nc3ccc(OC(C)C)cc3)n([C@@H]3C[C@H](C)CC[C@H]3C(C)C)c2cc1OC. The van der Waals surface area contributed by atoms with E-state index in [0.29, 0.717) is 36.6 Å².